The number of ether oxygens (including phenoxy) is 1. The summed E-state index contributed by atoms with van der Waals surface area (Å²) < 4.78 is 5.18. The van der Waals surface area contributed by atoms with Gasteiger partial charge in [0, 0.05) is 16.5 Å². The standard InChI is InChI=1S/C21H23ClN2O4S/c1-13(19(26)24-15-9-7-11-23-18(15)22)29-16-10-6-5-8-14(16)20(27)28-12-17(25)21(2,3)4/h5-11,13H,12H2,1-4H3,(H,24,26). The van der Waals surface area contributed by atoms with E-state index in [0.717, 1.165) is 0 Å². The second-order valence-corrected chi connectivity index (χ2v) is 9.08. The molecule has 1 atom stereocenters. The van der Waals surface area contributed by atoms with Crippen LogP contribution in [-0.4, -0.2) is 34.5 Å². The number of nitrogens with one attached hydrogen (secondary N) is 1. The van der Waals surface area contributed by atoms with Crippen molar-refractivity contribution >= 4 is 46.7 Å². The van der Waals surface area contributed by atoms with Crippen LogP contribution in [0.1, 0.15) is 38.1 Å². The van der Waals surface area contributed by atoms with Gasteiger partial charge in [0.25, 0.3) is 0 Å². The van der Waals surface area contributed by atoms with Crippen LogP contribution in [0.4, 0.5) is 5.69 Å². The molecule has 1 unspecified atom stereocenters. The Balaban J connectivity index is 2.06. The van der Waals surface area contributed by atoms with Gasteiger partial charge in [-0.05, 0) is 31.2 Å². The number of amides is 1. The van der Waals surface area contributed by atoms with E-state index in [4.69, 9.17) is 16.3 Å². The number of aromatic nitrogens is 1. The number of nitrogens with zero attached hydrogens (tertiary/aromatic N) is 1. The van der Waals surface area contributed by atoms with E-state index in [9.17, 15) is 14.4 Å². The van der Waals surface area contributed by atoms with Crippen LogP contribution in [0.15, 0.2) is 47.5 Å². The third kappa shape index (κ3) is 6.58. The Morgan fingerprint density at radius 1 is 1.17 bits per heavy atom. The minimum Gasteiger partial charge on any atom is -0.454 e. The lowest BCUT2D eigenvalue weighted by Crippen LogP contribution is -2.26. The number of pyridine rings is 1. The van der Waals surface area contributed by atoms with Gasteiger partial charge < -0.3 is 10.1 Å². The number of rotatable bonds is 7. The molecule has 8 heteroatoms. The van der Waals surface area contributed by atoms with Crippen molar-refractivity contribution in [3.63, 3.8) is 0 Å². The first-order chi connectivity index (χ1) is 13.6. The fraction of sp³-hybridized carbons (Fsp3) is 0.333. The molecule has 0 bridgehead atoms. The van der Waals surface area contributed by atoms with E-state index in [0.29, 0.717) is 16.1 Å². The molecule has 0 aliphatic heterocycles. The molecule has 1 heterocycles. The SMILES string of the molecule is CC(Sc1ccccc1C(=O)OCC(=O)C(C)(C)C)C(=O)Nc1cccnc1Cl. The van der Waals surface area contributed by atoms with Crippen molar-refractivity contribution in [3.8, 4) is 0 Å². The van der Waals surface area contributed by atoms with Crippen LogP contribution in [0.2, 0.25) is 5.15 Å². The Hall–Kier alpha value is -2.38. The highest BCUT2D eigenvalue weighted by atomic mass is 35.5. The summed E-state index contributed by atoms with van der Waals surface area (Å²) in [5.74, 6) is -1.05. The van der Waals surface area contributed by atoms with Crippen molar-refractivity contribution in [1.29, 1.82) is 0 Å². The molecular formula is C21H23ClN2O4S. The molecular weight excluding hydrogens is 412 g/mol. The summed E-state index contributed by atoms with van der Waals surface area (Å²) in [6.07, 6.45) is 1.53. The molecule has 0 aliphatic carbocycles. The predicted molar refractivity (Wildman–Crippen MR) is 114 cm³/mol. The lowest BCUT2D eigenvalue weighted by atomic mass is 9.91. The molecule has 1 aromatic heterocycles. The third-order valence-electron chi connectivity index (χ3n) is 3.97. The zero-order valence-electron chi connectivity index (χ0n) is 16.7. The monoisotopic (exact) mass is 434 g/mol. The highest BCUT2D eigenvalue weighted by Gasteiger charge is 2.24. The van der Waals surface area contributed by atoms with E-state index in [1.165, 1.54) is 18.0 Å². The number of carbonyl (C=O) groups is 3. The van der Waals surface area contributed by atoms with E-state index >= 15 is 0 Å². The average molecular weight is 435 g/mol. The first-order valence-electron chi connectivity index (χ1n) is 8.97. The van der Waals surface area contributed by atoms with Crippen molar-refractivity contribution in [2.75, 3.05) is 11.9 Å². The van der Waals surface area contributed by atoms with E-state index in [2.05, 4.69) is 10.3 Å². The number of Topliss-reactive ketones (excluding diaryl/α,β-unsaturated/α-hetero) is 1. The van der Waals surface area contributed by atoms with Crippen molar-refractivity contribution in [2.24, 2.45) is 5.41 Å². The van der Waals surface area contributed by atoms with Gasteiger partial charge in [-0.25, -0.2) is 9.78 Å². The Bertz CT molecular complexity index is 912. The van der Waals surface area contributed by atoms with E-state index in [1.807, 2.05) is 0 Å². The van der Waals surface area contributed by atoms with E-state index in [1.54, 1.807) is 64.1 Å². The Kier molecular flexibility index (Phi) is 7.81. The number of thioether (sulfide) groups is 1. The number of benzene rings is 1. The van der Waals surface area contributed by atoms with Gasteiger partial charge in [-0.3, -0.25) is 9.59 Å². The van der Waals surface area contributed by atoms with Crippen LogP contribution >= 0.6 is 23.4 Å². The molecule has 2 aromatic rings. The first kappa shape index (κ1) is 22.9. The van der Waals surface area contributed by atoms with Gasteiger partial charge in [-0.15, -0.1) is 11.8 Å². The molecule has 0 fully saturated rings. The molecule has 0 radical (unpaired) electrons. The van der Waals surface area contributed by atoms with E-state index in [-0.39, 0.29) is 23.5 Å². The molecule has 1 amide bonds. The number of ketones is 1. The fourth-order valence-corrected chi connectivity index (χ4v) is 3.27. The third-order valence-corrected chi connectivity index (χ3v) is 5.45. The summed E-state index contributed by atoms with van der Waals surface area (Å²) in [4.78, 5) is 41.5. The predicted octanol–water partition coefficient (Wildman–Crippen LogP) is 4.63. The lowest BCUT2D eigenvalue weighted by Gasteiger charge is -2.17. The maximum atomic E-state index is 12.5. The largest absolute Gasteiger partial charge is 0.454 e. The summed E-state index contributed by atoms with van der Waals surface area (Å²) in [7, 11) is 0. The smallest absolute Gasteiger partial charge is 0.339 e. The van der Waals surface area contributed by atoms with Crippen LogP contribution in [0.5, 0.6) is 0 Å². The molecule has 6 nitrogen and oxygen atoms in total. The van der Waals surface area contributed by atoms with Gasteiger partial charge in [0.1, 0.15) is 0 Å². The van der Waals surface area contributed by atoms with Gasteiger partial charge >= 0.3 is 5.97 Å². The normalized spacial score (nSPS) is 12.2. The molecule has 154 valence electrons. The number of hydrogen-bond donors (Lipinski definition) is 1. The zero-order valence-corrected chi connectivity index (χ0v) is 18.3. The summed E-state index contributed by atoms with van der Waals surface area (Å²) in [6.45, 7) is 6.72. The molecule has 2 rings (SSSR count). The van der Waals surface area contributed by atoms with Crippen LogP contribution in [0, 0.1) is 5.41 Å². The van der Waals surface area contributed by atoms with Crippen molar-refractivity contribution in [3.05, 3.63) is 53.3 Å². The second-order valence-electron chi connectivity index (χ2n) is 7.34. The van der Waals surface area contributed by atoms with Crippen LogP contribution in [0.25, 0.3) is 0 Å². The minimum atomic E-state index is -0.603. The molecule has 29 heavy (non-hydrogen) atoms. The van der Waals surface area contributed by atoms with Crippen LogP contribution in [-0.2, 0) is 14.3 Å². The molecule has 1 aromatic carbocycles. The fourth-order valence-electron chi connectivity index (χ4n) is 2.12. The molecule has 0 aliphatic rings. The first-order valence-corrected chi connectivity index (χ1v) is 10.2. The van der Waals surface area contributed by atoms with Gasteiger partial charge in [0.05, 0.1) is 16.5 Å². The van der Waals surface area contributed by atoms with Crippen molar-refractivity contribution in [2.45, 2.75) is 37.8 Å². The van der Waals surface area contributed by atoms with Crippen LogP contribution in [0.3, 0.4) is 0 Å². The van der Waals surface area contributed by atoms with Gasteiger partial charge in [0.2, 0.25) is 5.91 Å². The molecule has 1 N–H and O–H groups in total. The highest BCUT2D eigenvalue weighted by molar-refractivity contribution is 8.00. The quantitative estimate of drug-likeness (QED) is 0.388. The van der Waals surface area contributed by atoms with E-state index < -0.39 is 16.6 Å². The lowest BCUT2D eigenvalue weighted by molar-refractivity contribution is -0.129. The van der Waals surface area contributed by atoms with Gasteiger partial charge in [0.15, 0.2) is 17.5 Å². The Morgan fingerprint density at radius 2 is 1.86 bits per heavy atom. The summed E-state index contributed by atoms with van der Waals surface area (Å²) >= 11 is 7.18. The molecule has 0 saturated heterocycles. The number of esters is 1. The van der Waals surface area contributed by atoms with Crippen LogP contribution < -0.4 is 5.32 Å². The maximum Gasteiger partial charge on any atom is 0.339 e. The maximum absolute atomic E-state index is 12.5. The van der Waals surface area contributed by atoms with Gasteiger partial charge in [-0.1, -0.05) is 44.5 Å². The average Bonchev–Trinajstić information content (AvgIpc) is 2.67. The number of hydrogen-bond acceptors (Lipinski definition) is 6. The van der Waals surface area contributed by atoms with Crippen molar-refractivity contribution in [1.82, 2.24) is 4.98 Å². The topological polar surface area (TPSA) is 85.4 Å². The van der Waals surface area contributed by atoms with Crippen molar-refractivity contribution < 1.29 is 19.1 Å². The number of carbonyl (C=O) groups excluding carboxylic acids is 3. The summed E-state index contributed by atoms with van der Waals surface area (Å²) in [5.41, 5.74) is 0.132. The number of anilines is 1. The highest BCUT2D eigenvalue weighted by Crippen LogP contribution is 2.29. The Labute approximate surface area is 179 Å². The molecule has 0 spiro atoms. The zero-order chi connectivity index (χ0) is 21.6. The number of halogens is 1. The molecule has 0 saturated carbocycles. The van der Waals surface area contributed by atoms with Gasteiger partial charge in [-0.2, -0.15) is 0 Å². The Morgan fingerprint density at radius 3 is 2.52 bits per heavy atom. The minimum absolute atomic E-state index is 0.169. The summed E-state index contributed by atoms with van der Waals surface area (Å²) in [6, 6.07) is 10.1. The second kappa shape index (κ2) is 9.89. The summed E-state index contributed by atoms with van der Waals surface area (Å²) in [5, 5.41) is 2.40.